The van der Waals surface area contributed by atoms with Gasteiger partial charge >= 0.3 is 0 Å². The average molecular weight is 267 g/mol. The van der Waals surface area contributed by atoms with Crippen LogP contribution >= 0.6 is 0 Å². The highest BCUT2D eigenvalue weighted by Crippen LogP contribution is 2.25. The van der Waals surface area contributed by atoms with E-state index in [9.17, 15) is 0 Å². The normalized spacial score (nSPS) is 14.7. The average Bonchev–Trinajstić information content (AvgIpc) is 2.95. The molecular formula is C18H21NO. The summed E-state index contributed by atoms with van der Waals surface area (Å²) in [5, 5.41) is 3.58. The largest absolute Gasteiger partial charge is 0.493 e. The second kappa shape index (κ2) is 6.10. The van der Waals surface area contributed by atoms with Crippen molar-refractivity contribution in [1.29, 1.82) is 0 Å². The molecule has 3 rings (SSSR count). The minimum Gasteiger partial charge on any atom is -0.493 e. The van der Waals surface area contributed by atoms with E-state index in [1.807, 2.05) is 0 Å². The smallest absolute Gasteiger partial charge is 0.122 e. The van der Waals surface area contributed by atoms with Crippen molar-refractivity contribution in [3.05, 3.63) is 65.2 Å². The molecule has 0 amide bonds. The van der Waals surface area contributed by atoms with Crippen LogP contribution in [-0.4, -0.2) is 13.2 Å². The van der Waals surface area contributed by atoms with Crippen LogP contribution in [0.25, 0.3) is 0 Å². The molecule has 1 aliphatic rings. The highest BCUT2D eigenvalue weighted by molar-refractivity contribution is 5.39. The van der Waals surface area contributed by atoms with Crippen LogP contribution in [0.3, 0.4) is 0 Å². The van der Waals surface area contributed by atoms with Gasteiger partial charge in [-0.3, -0.25) is 0 Å². The fourth-order valence-corrected chi connectivity index (χ4v) is 2.69. The molecule has 0 radical (unpaired) electrons. The summed E-state index contributed by atoms with van der Waals surface area (Å²) in [5.74, 6) is 1.07. The van der Waals surface area contributed by atoms with Gasteiger partial charge in [-0.1, -0.05) is 42.5 Å². The summed E-state index contributed by atoms with van der Waals surface area (Å²) in [5.41, 5.74) is 4.09. The Hall–Kier alpha value is -1.80. The van der Waals surface area contributed by atoms with Gasteiger partial charge < -0.3 is 10.1 Å². The molecule has 1 aliphatic heterocycles. The van der Waals surface area contributed by atoms with Crippen molar-refractivity contribution in [1.82, 2.24) is 5.32 Å². The number of ether oxygens (including phenoxy) is 1. The van der Waals surface area contributed by atoms with E-state index in [0.717, 1.165) is 31.7 Å². The van der Waals surface area contributed by atoms with Crippen molar-refractivity contribution in [2.75, 3.05) is 13.2 Å². The molecule has 2 heteroatoms. The van der Waals surface area contributed by atoms with Crippen molar-refractivity contribution >= 4 is 0 Å². The van der Waals surface area contributed by atoms with Gasteiger partial charge in [0.1, 0.15) is 5.75 Å². The maximum absolute atomic E-state index is 5.54. The Kier molecular flexibility index (Phi) is 4.03. The summed E-state index contributed by atoms with van der Waals surface area (Å²) >= 11 is 0. The number of hydrogen-bond donors (Lipinski definition) is 1. The molecule has 2 aromatic carbocycles. The molecule has 2 nitrogen and oxygen atoms in total. The molecule has 1 heterocycles. The first kappa shape index (κ1) is 13.2. The van der Waals surface area contributed by atoms with E-state index in [2.05, 4.69) is 60.8 Å². The van der Waals surface area contributed by atoms with Gasteiger partial charge in [-0.25, -0.2) is 0 Å². The molecule has 0 saturated heterocycles. The number of hydrogen-bond acceptors (Lipinski definition) is 2. The zero-order valence-electron chi connectivity index (χ0n) is 11.9. The fourth-order valence-electron chi connectivity index (χ4n) is 2.69. The Balaban J connectivity index is 1.53. The molecule has 2 aromatic rings. The summed E-state index contributed by atoms with van der Waals surface area (Å²) in [6.45, 7) is 4.05. The second-order valence-corrected chi connectivity index (χ2v) is 5.38. The first-order valence-corrected chi connectivity index (χ1v) is 7.36. The van der Waals surface area contributed by atoms with Crippen molar-refractivity contribution < 1.29 is 4.74 Å². The Morgan fingerprint density at radius 3 is 2.85 bits per heavy atom. The van der Waals surface area contributed by atoms with Crippen molar-refractivity contribution in [2.24, 2.45) is 0 Å². The van der Waals surface area contributed by atoms with Gasteiger partial charge in [-0.2, -0.15) is 0 Å². The minimum absolute atomic E-state index is 0.397. The highest BCUT2D eigenvalue weighted by Gasteiger charge is 2.11. The summed E-state index contributed by atoms with van der Waals surface area (Å²) in [6, 6.07) is 17.6. The van der Waals surface area contributed by atoms with Crippen LogP contribution in [-0.2, 0) is 12.8 Å². The maximum atomic E-state index is 5.54. The summed E-state index contributed by atoms with van der Waals surface area (Å²) in [4.78, 5) is 0. The van der Waals surface area contributed by atoms with E-state index in [0.29, 0.717) is 6.04 Å². The van der Waals surface area contributed by atoms with Crippen molar-refractivity contribution in [3.8, 4) is 5.75 Å². The Labute approximate surface area is 120 Å². The van der Waals surface area contributed by atoms with Gasteiger partial charge in [0.05, 0.1) is 6.61 Å². The lowest BCUT2D eigenvalue weighted by molar-refractivity contribution is 0.357. The SMILES string of the molecule is C[C@@H](NCCc1ccc2c(c1)CCO2)c1ccccc1. The van der Waals surface area contributed by atoms with E-state index in [-0.39, 0.29) is 0 Å². The van der Waals surface area contributed by atoms with E-state index < -0.39 is 0 Å². The molecule has 0 fully saturated rings. The van der Waals surface area contributed by atoms with Crippen LogP contribution < -0.4 is 10.1 Å². The molecule has 1 atom stereocenters. The molecule has 0 saturated carbocycles. The zero-order chi connectivity index (χ0) is 13.8. The second-order valence-electron chi connectivity index (χ2n) is 5.38. The van der Waals surface area contributed by atoms with E-state index in [4.69, 9.17) is 4.74 Å². The lowest BCUT2D eigenvalue weighted by atomic mass is 10.1. The first-order chi connectivity index (χ1) is 9.83. The molecule has 20 heavy (non-hydrogen) atoms. The quantitative estimate of drug-likeness (QED) is 0.895. The van der Waals surface area contributed by atoms with Gasteiger partial charge in [0.2, 0.25) is 0 Å². The third-order valence-electron chi connectivity index (χ3n) is 3.92. The molecule has 0 spiro atoms. The third kappa shape index (κ3) is 3.02. The van der Waals surface area contributed by atoms with E-state index in [1.54, 1.807) is 0 Å². The van der Waals surface area contributed by atoms with Crippen LogP contribution in [0.4, 0.5) is 0 Å². The van der Waals surface area contributed by atoms with Gasteiger partial charge in [-0.15, -0.1) is 0 Å². The van der Waals surface area contributed by atoms with Gasteiger partial charge in [0, 0.05) is 12.5 Å². The molecule has 0 aliphatic carbocycles. The van der Waals surface area contributed by atoms with Crippen molar-refractivity contribution in [2.45, 2.75) is 25.8 Å². The van der Waals surface area contributed by atoms with Crippen molar-refractivity contribution in [3.63, 3.8) is 0 Å². The highest BCUT2D eigenvalue weighted by atomic mass is 16.5. The maximum Gasteiger partial charge on any atom is 0.122 e. The number of nitrogens with one attached hydrogen (secondary N) is 1. The summed E-state index contributed by atoms with van der Waals surface area (Å²) in [6.07, 6.45) is 2.11. The first-order valence-electron chi connectivity index (χ1n) is 7.36. The minimum atomic E-state index is 0.397. The third-order valence-corrected chi connectivity index (χ3v) is 3.92. The Bertz CT molecular complexity index is 565. The van der Waals surface area contributed by atoms with Crippen LogP contribution in [0, 0.1) is 0 Å². The van der Waals surface area contributed by atoms with Gasteiger partial charge in [0.25, 0.3) is 0 Å². The predicted molar refractivity (Wildman–Crippen MR) is 82.2 cm³/mol. The Morgan fingerprint density at radius 2 is 2.00 bits per heavy atom. The number of benzene rings is 2. The van der Waals surface area contributed by atoms with Gasteiger partial charge in [0.15, 0.2) is 0 Å². The molecule has 0 bridgehead atoms. The molecular weight excluding hydrogens is 246 g/mol. The number of rotatable bonds is 5. The standard InChI is InChI=1S/C18H21NO/c1-14(16-5-3-2-4-6-16)19-11-9-15-7-8-18-17(13-15)10-12-20-18/h2-8,13-14,19H,9-12H2,1H3/t14-/m1/s1. The molecule has 0 aromatic heterocycles. The van der Waals surface area contributed by atoms with E-state index >= 15 is 0 Å². The monoisotopic (exact) mass is 267 g/mol. The molecule has 104 valence electrons. The summed E-state index contributed by atoms with van der Waals surface area (Å²) in [7, 11) is 0. The van der Waals surface area contributed by atoms with E-state index in [1.165, 1.54) is 16.7 Å². The Morgan fingerprint density at radius 1 is 1.15 bits per heavy atom. The van der Waals surface area contributed by atoms with Gasteiger partial charge in [-0.05, 0) is 42.6 Å². The lowest BCUT2D eigenvalue weighted by Gasteiger charge is -2.14. The fraction of sp³-hybridized carbons (Fsp3) is 0.333. The topological polar surface area (TPSA) is 21.3 Å². The number of fused-ring (bicyclic) bond motifs is 1. The van der Waals surface area contributed by atoms with Crippen LogP contribution in [0.5, 0.6) is 5.75 Å². The van der Waals surface area contributed by atoms with Crippen LogP contribution in [0.1, 0.15) is 29.7 Å². The molecule has 0 unspecified atom stereocenters. The van der Waals surface area contributed by atoms with Crippen LogP contribution in [0.2, 0.25) is 0 Å². The van der Waals surface area contributed by atoms with Crippen LogP contribution in [0.15, 0.2) is 48.5 Å². The zero-order valence-corrected chi connectivity index (χ0v) is 11.9. The lowest BCUT2D eigenvalue weighted by Crippen LogP contribution is -2.21. The summed E-state index contributed by atoms with van der Waals surface area (Å²) < 4.78 is 5.54. The molecule has 1 N–H and O–H groups in total. The predicted octanol–water partition coefficient (Wildman–Crippen LogP) is 3.51.